The smallest absolute Gasteiger partial charge is 0.192 e. The Kier molecular flexibility index (Phi) is 3.87. The molecule has 1 aliphatic heterocycles. The number of nitrogens with zero attached hydrogens (tertiary/aromatic N) is 2. The van der Waals surface area contributed by atoms with E-state index in [1.807, 2.05) is 18.2 Å². The largest absolute Gasteiger partial charge is 0.370 e. The molecule has 0 saturated carbocycles. The van der Waals surface area contributed by atoms with E-state index in [0.717, 1.165) is 12.1 Å². The average Bonchev–Trinajstić information content (AvgIpc) is 3.00. The molecule has 20 heavy (non-hydrogen) atoms. The zero-order chi connectivity index (χ0) is 14.1. The molecule has 0 saturated heterocycles. The minimum atomic E-state index is 0.0910. The van der Waals surface area contributed by atoms with Gasteiger partial charge in [0.25, 0.3) is 0 Å². The fraction of sp³-hybridized carbons (Fsp3) is 0.214. The summed E-state index contributed by atoms with van der Waals surface area (Å²) in [5, 5.41) is 3.33. The molecule has 3 nitrogen and oxygen atoms in total. The van der Waals surface area contributed by atoms with E-state index in [1.165, 1.54) is 4.88 Å². The van der Waals surface area contributed by atoms with Gasteiger partial charge in [-0.25, -0.2) is 0 Å². The Bertz CT molecular complexity index is 620. The summed E-state index contributed by atoms with van der Waals surface area (Å²) >= 11 is 13.9. The molecule has 2 heterocycles. The fourth-order valence-electron chi connectivity index (χ4n) is 2.34. The quantitative estimate of drug-likeness (QED) is 0.929. The SMILES string of the molecule is NC1=NCC(c2cc(Cl)cc(Cl)c2)N1Cc1cccs1. The van der Waals surface area contributed by atoms with Crippen molar-refractivity contribution in [2.45, 2.75) is 12.6 Å². The number of rotatable bonds is 3. The lowest BCUT2D eigenvalue weighted by Crippen LogP contribution is -2.35. The molecule has 0 spiro atoms. The van der Waals surface area contributed by atoms with Crippen LogP contribution in [0, 0.1) is 0 Å². The van der Waals surface area contributed by atoms with Crippen LogP contribution in [0.25, 0.3) is 0 Å². The third-order valence-electron chi connectivity index (χ3n) is 3.27. The summed E-state index contributed by atoms with van der Waals surface area (Å²) in [6.07, 6.45) is 0. The molecule has 0 bridgehead atoms. The molecule has 0 radical (unpaired) electrons. The van der Waals surface area contributed by atoms with Crippen molar-refractivity contribution >= 4 is 40.5 Å². The summed E-state index contributed by atoms with van der Waals surface area (Å²) in [5.41, 5.74) is 7.06. The third kappa shape index (κ3) is 2.77. The van der Waals surface area contributed by atoms with Crippen LogP contribution in [0.4, 0.5) is 0 Å². The van der Waals surface area contributed by atoms with Crippen LogP contribution in [0.15, 0.2) is 40.7 Å². The highest BCUT2D eigenvalue weighted by Crippen LogP contribution is 2.31. The van der Waals surface area contributed by atoms with Crippen LogP contribution < -0.4 is 5.73 Å². The molecule has 6 heteroatoms. The lowest BCUT2D eigenvalue weighted by atomic mass is 10.1. The van der Waals surface area contributed by atoms with Gasteiger partial charge in [0.15, 0.2) is 5.96 Å². The van der Waals surface area contributed by atoms with Gasteiger partial charge >= 0.3 is 0 Å². The van der Waals surface area contributed by atoms with Gasteiger partial charge in [-0.2, -0.15) is 0 Å². The second-order valence-corrected chi connectivity index (χ2v) is 6.53. The van der Waals surface area contributed by atoms with Crippen LogP contribution >= 0.6 is 34.5 Å². The van der Waals surface area contributed by atoms with Gasteiger partial charge in [-0.1, -0.05) is 29.3 Å². The molecule has 1 aromatic heterocycles. The Hall–Kier alpha value is -1.23. The summed E-state index contributed by atoms with van der Waals surface area (Å²) in [6, 6.07) is 9.80. The first-order chi connectivity index (χ1) is 9.63. The van der Waals surface area contributed by atoms with Gasteiger partial charge < -0.3 is 10.6 Å². The minimum absolute atomic E-state index is 0.0910. The van der Waals surface area contributed by atoms with Crippen molar-refractivity contribution in [3.05, 3.63) is 56.2 Å². The van der Waals surface area contributed by atoms with Crippen molar-refractivity contribution in [1.82, 2.24) is 4.90 Å². The molecule has 0 amide bonds. The summed E-state index contributed by atoms with van der Waals surface area (Å²) in [6.45, 7) is 1.38. The zero-order valence-electron chi connectivity index (χ0n) is 10.6. The predicted octanol–water partition coefficient (Wildman–Crippen LogP) is 3.93. The van der Waals surface area contributed by atoms with Gasteiger partial charge in [0, 0.05) is 14.9 Å². The molecule has 104 valence electrons. The number of guanidine groups is 1. The molecular formula is C14H13Cl2N3S. The number of hydrogen-bond acceptors (Lipinski definition) is 4. The van der Waals surface area contributed by atoms with Gasteiger partial charge in [-0.3, -0.25) is 4.99 Å². The van der Waals surface area contributed by atoms with Gasteiger partial charge in [-0.15, -0.1) is 11.3 Å². The van der Waals surface area contributed by atoms with Crippen molar-refractivity contribution in [2.24, 2.45) is 10.7 Å². The Morgan fingerprint density at radius 1 is 1.30 bits per heavy atom. The first kappa shape index (κ1) is 13.7. The minimum Gasteiger partial charge on any atom is -0.370 e. The maximum Gasteiger partial charge on any atom is 0.192 e. The van der Waals surface area contributed by atoms with E-state index in [2.05, 4.69) is 21.3 Å². The van der Waals surface area contributed by atoms with Crippen LogP contribution in [-0.4, -0.2) is 17.4 Å². The van der Waals surface area contributed by atoms with E-state index in [9.17, 15) is 0 Å². The van der Waals surface area contributed by atoms with E-state index in [0.29, 0.717) is 22.5 Å². The Labute approximate surface area is 131 Å². The maximum atomic E-state index is 6.09. The maximum absolute atomic E-state index is 6.09. The third-order valence-corrected chi connectivity index (χ3v) is 4.57. The second kappa shape index (κ2) is 5.64. The molecule has 1 atom stereocenters. The number of thiophene rings is 1. The fourth-order valence-corrected chi connectivity index (χ4v) is 3.59. The molecule has 1 aromatic carbocycles. The van der Waals surface area contributed by atoms with Crippen molar-refractivity contribution in [2.75, 3.05) is 6.54 Å². The summed E-state index contributed by atoms with van der Waals surface area (Å²) in [7, 11) is 0. The number of benzene rings is 1. The number of nitrogens with two attached hydrogens (primary N) is 1. The molecule has 2 N–H and O–H groups in total. The number of hydrogen-bond donors (Lipinski definition) is 1. The van der Waals surface area contributed by atoms with Crippen LogP contribution in [0.5, 0.6) is 0 Å². The van der Waals surface area contributed by atoms with E-state index < -0.39 is 0 Å². The summed E-state index contributed by atoms with van der Waals surface area (Å²) < 4.78 is 0. The Morgan fingerprint density at radius 3 is 2.70 bits per heavy atom. The van der Waals surface area contributed by atoms with Gasteiger partial charge in [0.2, 0.25) is 0 Å². The van der Waals surface area contributed by atoms with Gasteiger partial charge in [0.05, 0.1) is 19.1 Å². The van der Waals surface area contributed by atoms with Crippen molar-refractivity contribution in [1.29, 1.82) is 0 Å². The molecule has 0 aliphatic carbocycles. The van der Waals surface area contributed by atoms with Gasteiger partial charge in [0.1, 0.15) is 0 Å². The van der Waals surface area contributed by atoms with Crippen LogP contribution in [0.2, 0.25) is 10.0 Å². The lowest BCUT2D eigenvalue weighted by molar-refractivity contribution is 0.343. The van der Waals surface area contributed by atoms with Gasteiger partial charge in [-0.05, 0) is 35.2 Å². The lowest BCUT2D eigenvalue weighted by Gasteiger charge is -2.26. The van der Waals surface area contributed by atoms with Crippen LogP contribution in [-0.2, 0) is 6.54 Å². The highest BCUT2D eigenvalue weighted by molar-refractivity contribution is 7.09. The number of aliphatic imine (C=N–C) groups is 1. The molecule has 1 unspecified atom stereocenters. The normalized spacial score (nSPS) is 18.4. The molecule has 3 rings (SSSR count). The Morgan fingerprint density at radius 2 is 2.05 bits per heavy atom. The number of halogens is 2. The summed E-state index contributed by atoms with van der Waals surface area (Å²) in [5.74, 6) is 0.569. The van der Waals surface area contributed by atoms with E-state index in [4.69, 9.17) is 28.9 Å². The molecule has 1 aliphatic rings. The topological polar surface area (TPSA) is 41.6 Å². The summed E-state index contributed by atoms with van der Waals surface area (Å²) in [4.78, 5) is 7.70. The van der Waals surface area contributed by atoms with Crippen molar-refractivity contribution < 1.29 is 0 Å². The Balaban J connectivity index is 1.88. The molecule has 2 aromatic rings. The van der Waals surface area contributed by atoms with Crippen molar-refractivity contribution in [3.8, 4) is 0 Å². The first-order valence-corrected chi connectivity index (χ1v) is 7.82. The second-order valence-electron chi connectivity index (χ2n) is 4.62. The predicted molar refractivity (Wildman–Crippen MR) is 85.6 cm³/mol. The van der Waals surface area contributed by atoms with Crippen LogP contribution in [0.1, 0.15) is 16.5 Å². The first-order valence-electron chi connectivity index (χ1n) is 6.18. The van der Waals surface area contributed by atoms with Crippen molar-refractivity contribution in [3.63, 3.8) is 0 Å². The highest BCUT2D eigenvalue weighted by Gasteiger charge is 2.28. The average molecular weight is 326 g/mol. The molecular weight excluding hydrogens is 313 g/mol. The van der Waals surface area contributed by atoms with E-state index in [1.54, 1.807) is 17.4 Å². The monoisotopic (exact) mass is 325 g/mol. The highest BCUT2D eigenvalue weighted by atomic mass is 35.5. The standard InChI is InChI=1S/C14H13Cl2N3S/c15-10-4-9(5-11(16)6-10)13-7-18-14(17)19(13)8-12-2-1-3-20-12/h1-6,13H,7-8H2,(H2,17,18). The van der Waals surface area contributed by atoms with E-state index >= 15 is 0 Å². The molecule has 0 fully saturated rings. The van der Waals surface area contributed by atoms with E-state index in [-0.39, 0.29) is 6.04 Å². The zero-order valence-corrected chi connectivity index (χ0v) is 12.9. The van der Waals surface area contributed by atoms with Crippen LogP contribution in [0.3, 0.4) is 0 Å².